The summed E-state index contributed by atoms with van der Waals surface area (Å²) in [5.41, 5.74) is 1.36. The third-order valence-corrected chi connectivity index (χ3v) is 4.45. The zero-order valence-corrected chi connectivity index (χ0v) is 12.8. The van der Waals surface area contributed by atoms with Crippen molar-refractivity contribution in [2.45, 2.75) is 4.83 Å². The van der Waals surface area contributed by atoms with Gasteiger partial charge in [0.15, 0.2) is 0 Å². The molecule has 0 spiro atoms. The van der Waals surface area contributed by atoms with Crippen LogP contribution in [-0.2, 0) is 0 Å². The van der Waals surface area contributed by atoms with Crippen molar-refractivity contribution < 1.29 is 4.39 Å². The van der Waals surface area contributed by atoms with E-state index < -0.39 is 5.82 Å². The standard InChI is InChI=1S/C13H7BrCl3F/c14-12(8-2-1-3-11(18)13(8)17)9-6-7(15)4-5-10(9)16/h1-6,12H. The first-order valence-corrected chi connectivity index (χ1v) is 7.08. The summed E-state index contributed by atoms with van der Waals surface area (Å²) in [5.74, 6) is -0.461. The third kappa shape index (κ3) is 2.83. The van der Waals surface area contributed by atoms with E-state index in [-0.39, 0.29) is 9.85 Å². The maximum atomic E-state index is 13.4. The van der Waals surface area contributed by atoms with E-state index in [4.69, 9.17) is 34.8 Å². The second kappa shape index (κ2) is 5.79. The minimum atomic E-state index is -0.461. The molecule has 1 unspecified atom stereocenters. The van der Waals surface area contributed by atoms with Gasteiger partial charge >= 0.3 is 0 Å². The van der Waals surface area contributed by atoms with Gasteiger partial charge in [-0.25, -0.2) is 4.39 Å². The molecule has 0 amide bonds. The Morgan fingerprint density at radius 1 is 1.00 bits per heavy atom. The van der Waals surface area contributed by atoms with Gasteiger partial charge in [-0.05, 0) is 35.4 Å². The molecule has 0 aliphatic carbocycles. The highest BCUT2D eigenvalue weighted by atomic mass is 79.9. The molecule has 5 heteroatoms. The molecule has 0 fully saturated rings. The minimum Gasteiger partial charge on any atom is -0.205 e. The molecular formula is C13H7BrCl3F. The second-order valence-corrected chi connectivity index (χ2v) is 5.81. The normalized spacial score (nSPS) is 12.5. The SMILES string of the molecule is Fc1cccc(C(Br)c2cc(Cl)ccc2Cl)c1Cl. The van der Waals surface area contributed by atoms with Crippen molar-refractivity contribution in [3.8, 4) is 0 Å². The number of benzene rings is 2. The Bertz CT molecular complexity index is 584. The molecule has 94 valence electrons. The van der Waals surface area contributed by atoms with Crippen LogP contribution >= 0.6 is 50.7 Å². The number of halogens is 5. The van der Waals surface area contributed by atoms with Crippen molar-refractivity contribution >= 4 is 50.7 Å². The zero-order chi connectivity index (χ0) is 13.3. The van der Waals surface area contributed by atoms with Gasteiger partial charge in [0.1, 0.15) is 5.82 Å². The predicted octanol–water partition coefficient (Wildman–Crippen LogP) is 6.27. The van der Waals surface area contributed by atoms with Crippen molar-refractivity contribution in [1.29, 1.82) is 0 Å². The van der Waals surface area contributed by atoms with Gasteiger partial charge in [0.2, 0.25) is 0 Å². The first-order valence-electron chi connectivity index (χ1n) is 5.03. The second-order valence-electron chi connectivity index (χ2n) is 3.67. The molecule has 2 aromatic carbocycles. The Kier molecular flexibility index (Phi) is 4.54. The molecule has 0 saturated carbocycles. The highest BCUT2D eigenvalue weighted by Crippen LogP contribution is 2.40. The minimum absolute atomic E-state index is 0.0791. The first kappa shape index (κ1) is 14.1. The van der Waals surface area contributed by atoms with Crippen LogP contribution in [0.25, 0.3) is 0 Å². The molecule has 1 atom stereocenters. The molecule has 0 heterocycles. The summed E-state index contributed by atoms with van der Waals surface area (Å²) in [5, 5.41) is 1.18. The largest absolute Gasteiger partial charge is 0.205 e. The molecule has 2 aromatic rings. The van der Waals surface area contributed by atoms with Crippen LogP contribution in [0, 0.1) is 5.82 Å². The molecule has 0 aromatic heterocycles. The summed E-state index contributed by atoms with van der Waals surface area (Å²) in [6, 6.07) is 9.77. The van der Waals surface area contributed by atoms with E-state index in [0.717, 1.165) is 5.56 Å². The fourth-order valence-electron chi connectivity index (χ4n) is 1.59. The Labute approximate surface area is 128 Å². The summed E-state index contributed by atoms with van der Waals surface area (Å²) in [7, 11) is 0. The summed E-state index contributed by atoms with van der Waals surface area (Å²) < 4.78 is 13.4. The fourth-order valence-corrected chi connectivity index (χ4v) is 3.26. The van der Waals surface area contributed by atoms with Gasteiger partial charge in [-0.1, -0.05) is 62.9 Å². The van der Waals surface area contributed by atoms with E-state index in [1.54, 1.807) is 30.3 Å². The van der Waals surface area contributed by atoms with Crippen molar-refractivity contribution in [2.75, 3.05) is 0 Å². The lowest BCUT2D eigenvalue weighted by Crippen LogP contribution is -1.96. The molecule has 0 saturated heterocycles. The van der Waals surface area contributed by atoms with Crippen LogP contribution in [0.4, 0.5) is 4.39 Å². The zero-order valence-electron chi connectivity index (χ0n) is 8.93. The van der Waals surface area contributed by atoms with Gasteiger partial charge in [-0.2, -0.15) is 0 Å². The number of alkyl halides is 1. The van der Waals surface area contributed by atoms with Gasteiger partial charge in [-0.3, -0.25) is 0 Å². The van der Waals surface area contributed by atoms with Crippen LogP contribution in [0.5, 0.6) is 0 Å². The highest BCUT2D eigenvalue weighted by Gasteiger charge is 2.18. The van der Waals surface area contributed by atoms with Crippen LogP contribution in [0.1, 0.15) is 16.0 Å². The van der Waals surface area contributed by atoms with E-state index >= 15 is 0 Å². The Morgan fingerprint density at radius 3 is 2.44 bits per heavy atom. The van der Waals surface area contributed by atoms with Crippen molar-refractivity contribution in [3.63, 3.8) is 0 Å². The molecular weight excluding hydrogens is 361 g/mol. The lowest BCUT2D eigenvalue weighted by Gasteiger charge is -2.14. The van der Waals surface area contributed by atoms with Crippen molar-refractivity contribution in [3.05, 3.63) is 68.4 Å². The van der Waals surface area contributed by atoms with Gasteiger partial charge in [0, 0.05) is 10.0 Å². The maximum absolute atomic E-state index is 13.4. The van der Waals surface area contributed by atoms with E-state index in [2.05, 4.69) is 15.9 Å². The van der Waals surface area contributed by atoms with Crippen molar-refractivity contribution in [1.82, 2.24) is 0 Å². The van der Waals surface area contributed by atoms with Gasteiger partial charge in [0.05, 0.1) is 9.85 Å². The Balaban J connectivity index is 2.51. The molecule has 0 aliphatic heterocycles. The molecule has 0 nitrogen and oxygen atoms in total. The molecule has 0 aliphatic rings. The summed E-state index contributed by atoms with van der Waals surface area (Å²) in [4.78, 5) is -0.313. The van der Waals surface area contributed by atoms with E-state index in [1.165, 1.54) is 6.07 Å². The van der Waals surface area contributed by atoms with Crippen LogP contribution in [0.3, 0.4) is 0 Å². The number of hydrogen-bond acceptors (Lipinski definition) is 0. The topological polar surface area (TPSA) is 0 Å². The number of rotatable bonds is 2. The van der Waals surface area contributed by atoms with Crippen LogP contribution < -0.4 is 0 Å². The average Bonchev–Trinajstić information content (AvgIpc) is 2.35. The van der Waals surface area contributed by atoms with Gasteiger partial charge in [0.25, 0.3) is 0 Å². The van der Waals surface area contributed by atoms with Crippen molar-refractivity contribution in [2.24, 2.45) is 0 Å². The maximum Gasteiger partial charge on any atom is 0.142 e. The van der Waals surface area contributed by atoms with Gasteiger partial charge < -0.3 is 0 Å². The van der Waals surface area contributed by atoms with E-state index in [1.807, 2.05) is 0 Å². The molecule has 18 heavy (non-hydrogen) atoms. The van der Waals surface area contributed by atoms with Crippen LogP contribution in [0.2, 0.25) is 15.1 Å². The predicted molar refractivity (Wildman–Crippen MR) is 78.6 cm³/mol. The van der Waals surface area contributed by atoms with E-state index in [9.17, 15) is 4.39 Å². The smallest absolute Gasteiger partial charge is 0.142 e. The summed E-state index contributed by atoms with van der Waals surface area (Å²) in [6.45, 7) is 0. The van der Waals surface area contributed by atoms with Crippen LogP contribution in [-0.4, -0.2) is 0 Å². The molecule has 0 bridgehead atoms. The first-order chi connectivity index (χ1) is 8.50. The molecule has 2 rings (SSSR count). The van der Waals surface area contributed by atoms with Crippen LogP contribution in [0.15, 0.2) is 36.4 Å². The third-order valence-electron chi connectivity index (χ3n) is 2.49. The van der Waals surface area contributed by atoms with Gasteiger partial charge in [-0.15, -0.1) is 0 Å². The lowest BCUT2D eigenvalue weighted by molar-refractivity contribution is 0.626. The van der Waals surface area contributed by atoms with E-state index in [0.29, 0.717) is 15.6 Å². The quantitative estimate of drug-likeness (QED) is 0.548. The Morgan fingerprint density at radius 2 is 1.72 bits per heavy atom. The Hall–Kier alpha value is -0.280. The summed E-state index contributed by atoms with van der Waals surface area (Å²) in [6.07, 6.45) is 0. The summed E-state index contributed by atoms with van der Waals surface area (Å²) >= 11 is 21.5. The molecule has 0 radical (unpaired) electrons. The highest BCUT2D eigenvalue weighted by molar-refractivity contribution is 9.09. The lowest BCUT2D eigenvalue weighted by atomic mass is 10.0. The average molecular weight is 368 g/mol. The fraction of sp³-hybridized carbons (Fsp3) is 0.0769. The molecule has 0 N–H and O–H groups in total. The number of hydrogen-bond donors (Lipinski definition) is 0. The monoisotopic (exact) mass is 366 g/mol.